The van der Waals surface area contributed by atoms with Gasteiger partial charge in [0.2, 0.25) is 0 Å². The van der Waals surface area contributed by atoms with Gasteiger partial charge in [0.25, 0.3) is 0 Å². The lowest BCUT2D eigenvalue weighted by Gasteiger charge is -2.01. The van der Waals surface area contributed by atoms with Crippen LogP contribution < -0.4 is 0 Å². The van der Waals surface area contributed by atoms with Crippen molar-refractivity contribution < 1.29 is 4.74 Å². The zero-order valence-corrected chi connectivity index (χ0v) is 11.6. The first-order valence-corrected chi connectivity index (χ1v) is 6.20. The van der Waals surface area contributed by atoms with Gasteiger partial charge in [0, 0.05) is 7.11 Å². The number of methoxy groups -OCH3 is 1. The molecule has 1 heteroatoms. The molecule has 0 N–H and O–H groups in total. The Morgan fingerprint density at radius 2 is 1.65 bits per heavy atom. The number of hydrogen-bond acceptors (Lipinski definition) is 1. The molecule has 0 aromatic rings. The Balaban J connectivity index is 3.81. The van der Waals surface area contributed by atoms with E-state index in [2.05, 4.69) is 39.2 Å². The summed E-state index contributed by atoms with van der Waals surface area (Å²) in [5.41, 5.74) is 3.87. The van der Waals surface area contributed by atoms with Crippen LogP contribution in [0.3, 0.4) is 0 Å². The summed E-state index contributed by atoms with van der Waals surface area (Å²) in [4.78, 5) is 0. The molecule has 0 rings (SSSR count). The highest BCUT2D eigenvalue weighted by Crippen LogP contribution is 2.11. The standard InChI is InChI=1S/C16H26O/c1-6-14(2)9-7-10-15(3)11-8-12-16(4)13-17-5/h6,10,12H,1-2,7-9,11,13H2,3-5H3/b15-10+,16-12+. The summed E-state index contributed by atoms with van der Waals surface area (Å²) in [6.07, 6.45) is 10.7. The zero-order valence-electron chi connectivity index (χ0n) is 11.6. The van der Waals surface area contributed by atoms with E-state index in [9.17, 15) is 0 Å². The molecule has 0 saturated heterocycles. The van der Waals surface area contributed by atoms with E-state index in [-0.39, 0.29) is 0 Å². The fourth-order valence-corrected chi connectivity index (χ4v) is 1.54. The summed E-state index contributed by atoms with van der Waals surface area (Å²) in [7, 11) is 1.73. The van der Waals surface area contributed by atoms with Crippen molar-refractivity contribution in [2.24, 2.45) is 0 Å². The van der Waals surface area contributed by atoms with Gasteiger partial charge in [-0.05, 0) is 39.5 Å². The lowest BCUT2D eigenvalue weighted by Crippen LogP contribution is -1.89. The average Bonchev–Trinajstić information content (AvgIpc) is 2.29. The first-order chi connectivity index (χ1) is 8.10. The predicted octanol–water partition coefficient (Wildman–Crippen LogP) is 4.83. The Morgan fingerprint density at radius 3 is 2.24 bits per heavy atom. The van der Waals surface area contributed by atoms with Gasteiger partial charge in [0.1, 0.15) is 0 Å². The van der Waals surface area contributed by atoms with Crippen molar-refractivity contribution in [2.45, 2.75) is 39.5 Å². The van der Waals surface area contributed by atoms with Crippen LogP contribution in [0, 0.1) is 0 Å². The third kappa shape index (κ3) is 9.83. The Bertz CT molecular complexity index is 295. The summed E-state index contributed by atoms with van der Waals surface area (Å²) in [6, 6.07) is 0. The van der Waals surface area contributed by atoms with Crippen molar-refractivity contribution in [3.63, 3.8) is 0 Å². The molecular formula is C16H26O. The van der Waals surface area contributed by atoms with E-state index in [4.69, 9.17) is 4.74 Å². The highest BCUT2D eigenvalue weighted by Gasteiger charge is 1.92. The molecule has 0 aliphatic carbocycles. The summed E-state index contributed by atoms with van der Waals surface area (Å²) in [5, 5.41) is 0. The van der Waals surface area contributed by atoms with Crippen LogP contribution in [-0.2, 0) is 4.74 Å². The second kappa shape index (κ2) is 10.1. The van der Waals surface area contributed by atoms with Crippen molar-refractivity contribution >= 4 is 0 Å². The first-order valence-electron chi connectivity index (χ1n) is 6.20. The van der Waals surface area contributed by atoms with E-state index in [1.165, 1.54) is 11.1 Å². The SMILES string of the molecule is C=CC(=C)CC/C=C(\C)CC/C=C(\C)COC. The van der Waals surface area contributed by atoms with Crippen molar-refractivity contribution in [3.05, 3.63) is 48.1 Å². The minimum Gasteiger partial charge on any atom is -0.380 e. The number of hydrogen-bond donors (Lipinski definition) is 0. The Labute approximate surface area is 107 Å². The molecular weight excluding hydrogens is 208 g/mol. The molecule has 0 aromatic heterocycles. The number of rotatable bonds is 9. The number of allylic oxidation sites excluding steroid dienone is 5. The van der Waals surface area contributed by atoms with Crippen LogP contribution in [0.15, 0.2) is 48.1 Å². The minimum absolute atomic E-state index is 0.738. The van der Waals surface area contributed by atoms with Crippen molar-refractivity contribution in [2.75, 3.05) is 13.7 Å². The lowest BCUT2D eigenvalue weighted by atomic mass is 10.1. The Kier molecular flexibility index (Phi) is 9.46. The van der Waals surface area contributed by atoms with Gasteiger partial charge in [0.05, 0.1) is 6.61 Å². The molecule has 0 aromatic carbocycles. The molecule has 0 amide bonds. The molecule has 0 spiro atoms. The van der Waals surface area contributed by atoms with Gasteiger partial charge >= 0.3 is 0 Å². The molecule has 0 bridgehead atoms. The van der Waals surface area contributed by atoms with Crippen molar-refractivity contribution in [1.82, 2.24) is 0 Å². The Hall–Kier alpha value is -1.08. The number of ether oxygens (including phenoxy) is 1. The normalized spacial score (nSPS) is 12.6. The fourth-order valence-electron chi connectivity index (χ4n) is 1.54. The lowest BCUT2D eigenvalue weighted by molar-refractivity contribution is 0.225. The third-order valence-corrected chi connectivity index (χ3v) is 2.65. The van der Waals surface area contributed by atoms with Crippen LogP contribution in [-0.4, -0.2) is 13.7 Å². The van der Waals surface area contributed by atoms with E-state index < -0.39 is 0 Å². The molecule has 96 valence electrons. The topological polar surface area (TPSA) is 9.23 Å². The van der Waals surface area contributed by atoms with Gasteiger partial charge in [-0.3, -0.25) is 0 Å². The minimum atomic E-state index is 0.738. The molecule has 0 unspecified atom stereocenters. The van der Waals surface area contributed by atoms with Crippen LogP contribution >= 0.6 is 0 Å². The average molecular weight is 234 g/mol. The molecule has 0 aliphatic rings. The molecule has 0 radical (unpaired) electrons. The highest BCUT2D eigenvalue weighted by molar-refractivity contribution is 5.12. The fraction of sp³-hybridized carbons (Fsp3) is 0.500. The summed E-state index contributed by atoms with van der Waals surface area (Å²) >= 11 is 0. The predicted molar refractivity (Wildman–Crippen MR) is 77.2 cm³/mol. The largest absolute Gasteiger partial charge is 0.380 e. The van der Waals surface area contributed by atoms with Gasteiger partial charge in [-0.25, -0.2) is 0 Å². The van der Waals surface area contributed by atoms with Gasteiger partial charge in [0.15, 0.2) is 0 Å². The van der Waals surface area contributed by atoms with Crippen LogP contribution in [0.2, 0.25) is 0 Å². The van der Waals surface area contributed by atoms with E-state index in [0.29, 0.717) is 0 Å². The maximum Gasteiger partial charge on any atom is 0.0670 e. The molecule has 1 nitrogen and oxygen atoms in total. The maximum atomic E-state index is 5.06. The van der Waals surface area contributed by atoms with Gasteiger partial charge in [-0.2, -0.15) is 0 Å². The van der Waals surface area contributed by atoms with Gasteiger partial charge in [-0.1, -0.05) is 48.1 Å². The van der Waals surface area contributed by atoms with Crippen LogP contribution in [0.1, 0.15) is 39.5 Å². The summed E-state index contributed by atoms with van der Waals surface area (Å²) in [5.74, 6) is 0. The van der Waals surface area contributed by atoms with E-state index in [1.807, 2.05) is 6.08 Å². The van der Waals surface area contributed by atoms with Crippen LogP contribution in [0.25, 0.3) is 0 Å². The molecule has 0 saturated carbocycles. The smallest absolute Gasteiger partial charge is 0.0670 e. The van der Waals surface area contributed by atoms with Crippen molar-refractivity contribution in [1.29, 1.82) is 0 Å². The quantitative estimate of drug-likeness (QED) is 0.410. The highest BCUT2D eigenvalue weighted by atomic mass is 16.5. The van der Waals surface area contributed by atoms with Gasteiger partial charge in [-0.15, -0.1) is 0 Å². The summed E-state index contributed by atoms with van der Waals surface area (Å²) in [6.45, 7) is 12.6. The van der Waals surface area contributed by atoms with E-state index >= 15 is 0 Å². The molecule has 0 aliphatic heterocycles. The molecule has 0 heterocycles. The molecule has 0 fully saturated rings. The van der Waals surface area contributed by atoms with Crippen molar-refractivity contribution in [3.8, 4) is 0 Å². The van der Waals surface area contributed by atoms with Crippen LogP contribution in [0.5, 0.6) is 0 Å². The van der Waals surface area contributed by atoms with Gasteiger partial charge < -0.3 is 4.74 Å². The summed E-state index contributed by atoms with van der Waals surface area (Å²) < 4.78 is 5.06. The molecule has 17 heavy (non-hydrogen) atoms. The second-order valence-electron chi connectivity index (χ2n) is 4.47. The maximum absolute atomic E-state index is 5.06. The van der Waals surface area contributed by atoms with Crippen LogP contribution in [0.4, 0.5) is 0 Å². The monoisotopic (exact) mass is 234 g/mol. The first kappa shape index (κ1) is 15.9. The van der Waals surface area contributed by atoms with E-state index in [1.54, 1.807) is 7.11 Å². The second-order valence-corrected chi connectivity index (χ2v) is 4.47. The zero-order chi connectivity index (χ0) is 13.1. The Morgan fingerprint density at radius 1 is 1.06 bits per heavy atom. The third-order valence-electron chi connectivity index (χ3n) is 2.65. The molecule has 0 atom stereocenters. The van der Waals surface area contributed by atoms with E-state index in [0.717, 1.165) is 37.9 Å².